The van der Waals surface area contributed by atoms with Gasteiger partial charge in [0.2, 0.25) is 0 Å². The maximum atomic E-state index is 13.1. The monoisotopic (exact) mass is 428 g/mol. The molecule has 0 aliphatic carbocycles. The number of rotatable bonds is 6. The van der Waals surface area contributed by atoms with Gasteiger partial charge in [-0.1, -0.05) is 23.4 Å². The zero-order valence-corrected chi connectivity index (χ0v) is 17.8. The van der Waals surface area contributed by atoms with Gasteiger partial charge in [0.15, 0.2) is 11.6 Å². The van der Waals surface area contributed by atoms with Crippen LogP contribution in [0.15, 0.2) is 63.6 Å². The summed E-state index contributed by atoms with van der Waals surface area (Å²) in [6.07, 6.45) is 1.48. The normalized spacial score (nSPS) is 13.8. The van der Waals surface area contributed by atoms with Crippen molar-refractivity contribution in [1.82, 2.24) is 15.1 Å². The highest BCUT2D eigenvalue weighted by Gasteiger charge is 2.22. The average molecular weight is 428 g/mol. The smallest absolute Gasteiger partial charge is 0.274 e. The van der Waals surface area contributed by atoms with Gasteiger partial charge < -0.3 is 9.51 Å². The predicted octanol–water partition coefficient (Wildman–Crippen LogP) is 5.44. The first-order chi connectivity index (χ1) is 15.5. The summed E-state index contributed by atoms with van der Waals surface area (Å²) in [4.78, 5) is 25.0. The van der Waals surface area contributed by atoms with Gasteiger partial charge >= 0.3 is 0 Å². The number of aryl methyl sites for hydroxylation is 2. The molecule has 1 aliphatic rings. The van der Waals surface area contributed by atoms with Gasteiger partial charge in [-0.05, 0) is 61.7 Å². The van der Waals surface area contributed by atoms with Gasteiger partial charge in [-0.3, -0.25) is 4.79 Å². The van der Waals surface area contributed by atoms with E-state index in [-0.39, 0.29) is 11.6 Å². The third-order valence-corrected chi connectivity index (χ3v) is 5.61. The van der Waals surface area contributed by atoms with Crippen molar-refractivity contribution in [3.8, 4) is 11.6 Å². The number of Topliss-reactive ketones (excluding diaryl/α,β-unsaturated/α-hetero) is 1. The lowest BCUT2D eigenvalue weighted by Gasteiger charge is -2.02. The lowest BCUT2D eigenvalue weighted by atomic mass is 10.0. The molecule has 0 atom stereocenters. The van der Waals surface area contributed by atoms with Crippen LogP contribution in [0.1, 0.15) is 36.7 Å². The van der Waals surface area contributed by atoms with Crippen LogP contribution in [-0.4, -0.2) is 26.6 Å². The molecule has 1 N–H and O–H groups in total. The second-order valence-electron chi connectivity index (χ2n) is 8.05. The molecule has 1 aliphatic heterocycles. The number of fused-ring (bicyclic) bond motifs is 1. The zero-order valence-electron chi connectivity index (χ0n) is 17.8. The fraction of sp³-hybridized carbons (Fsp3) is 0.200. The number of nitrogens with zero attached hydrogens (tertiary/aromatic N) is 3. The van der Waals surface area contributed by atoms with Crippen LogP contribution in [0.3, 0.4) is 0 Å². The number of benzene rings is 2. The largest absolute Gasteiger partial charge is 0.351 e. The molecule has 0 amide bonds. The molecule has 0 saturated carbocycles. The van der Waals surface area contributed by atoms with Crippen LogP contribution in [0, 0.1) is 12.7 Å². The first-order valence-corrected chi connectivity index (χ1v) is 10.4. The second kappa shape index (κ2) is 8.00. The summed E-state index contributed by atoms with van der Waals surface area (Å²) >= 11 is 0. The van der Waals surface area contributed by atoms with Crippen molar-refractivity contribution in [2.75, 3.05) is 0 Å². The Hall–Kier alpha value is -3.87. The van der Waals surface area contributed by atoms with Crippen LogP contribution >= 0.6 is 0 Å². The van der Waals surface area contributed by atoms with Gasteiger partial charge in [0.05, 0.1) is 11.4 Å². The second-order valence-corrected chi connectivity index (χ2v) is 8.05. The molecule has 0 fully saturated rings. The van der Waals surface area contributed by atoms with E-state index in [2.05, 4.69) is 20.1 Å². The quantitative estimate of drug-likeness (QED) is 0.443. The summed E-state index contributed by atoms with van der Waals surface area (Å²) in [5.41, 5.74) is 6.10. The van der Waals surface area contributed by atoms with Crippen molar-refractivity contribution in [2.24, 2.45) is 4.99 Å². The number of nitrogens with one attached hydrogen (secondary N) is 1. The van der Waals surface area contributed by atoms with Crippen LogP contribution in [0.5, 0.6) is 0 Å². The average Bonchev–Trinajstić information content (AvgIpc) is 3.50. The van der Waals surface area contributed by atoms with Gasteiger partial charge in [-0.2, -0.15) is 4.98 Å². The van der Waals surface area contributed by atoms with E-state index < -0.39 is 0 Å². The fourth-order valence-electron chi connectivity index (χ4n) is 3.93. The molecule has 7 heteroatoms. The minimum absolute atomic E-state index is 0.0282. The summed E-state index contributed by atoms with van der Waals surface area (Å²) in [6, 6.07) is 14.3. The van der Waals surface area contributed by atoms with Crippen molar-refractivity contribution in [3.63, 3.8) is 0 Å². The number of hydrogen-bond acceptors (Lipinski definition) is 5. The summed E-state index contributed by atoms with van der Waals surface area (Å²) in [5.74, 6) is 0.782. The van der Waals surface area contributed by atoms with Crippen LogP contribution in [-0.2, 0) is 11.2 Å². The van der Waals surface area contributed by atoms with E-state index in [1.165, 1.54) is 12.1 Å². The Balaban J connectivity index is 1.34. The standard InChI is InChI=1S/C25H21FN4O2/c1-14-11-21(23(31)10-5-16-3-7-19(26)8-4-16)29-24(14)17-6-9-20-18(12-17)13-22(28-20)25-27-15(2)30-32-25/h3-4,6-9,12-13,28H,5,10-11H2,1-2H3. The van der Waals surface area contributed by atoms with Gasteiger partial charge in [0.25, 0.3) is 5.89 Å². The Kier molecular flexibility index (Phi) is 5.01. The van der Waals surface area contributed by atoms with Gasteiger partial charge in [0.1, 0.15) is 11.5 Å². The number of ketones is 1. The SMILES string of the molecule is CC1=C(c2ccc3[nH]c(-c4nc(C)no4)cc3c2)N=C(C(=O)CCc2ccc(F)cc2)C1. The fourth-order valence-corrected chi connectivity index (χ4v) is 3.93. The molecule has 5 rings (SSSR count). The van der Waals surface area contributed by atoms with Crippen molar-refractivity contribution >= 4 is 28.1 Å². The first-order valence-electron chi connectivity index (χ1n) is 10.4. The number of aromatic amines is 1. The third kappa shape index (κ3) is 3.89. The molecule has 0 spiro atoms. The van der Waals surface area contributed by atoms with E-state index in [1.807, 2.05) is 31.2 Å². The highest BCUT2D eigenvalue weighted by Crippen LogP contribution is 2.32. The molecule has 0 unspecified atom stereocenters. The van der Waals surface area contributed by atoms with Gasteiger partial charge in [0, 0.05) is 29.3 Å². The van der Waals surface area contributed by atoms with E-state index in [0.717, 1.165) is 39.0 Å². The minimum atomic E-state index is -0.275. The molecule has 32 heavy (non-hydrogen) atoms. The van der Waals surface area contributed by atoms with E-state index >= 15 is 0 Å². The zero-order chi connectivity index (χ0) is 22.2. The lowest BCUT2D eigenvalue weighted by Crippen LogP contribution is -2.13. The van der Waals surface area contributed by atoms with Gasteiger partial charge in [-0.25, -0.2) is 9.38 Å². The number of aliphatic imine (C=N–C) groups is 1. The first kappa shape index (κ1) is 20.1. The molecule has 2 aromatic heterocycles. The Morgan fingerprint density at radius 2 is 1.94 bits per heavy atom. The topological polar surface area (TPSA) is 84.1 Å². The van der Waals surface area contributed by atoms with Crippen LogP contribution in [0.2, 0.25) is 0 Å². The summed E-state index contributed by atoms with van der Waals surface area (Å²) in [5, 5.41) is 4.84. The maximum absolute atomic E-state index is 13.1. The number of halogens is 1. The van der Waals surface area contributed by atoms with Crippen LogP contribution in [0.4, 0.5) is 4.39 Å². The number of carbonyl (C=O) groups is 1. The Morgan fingerprint density at radius 3 is 2.69 bits per heavy atom. The minimum Gasteiger partial charge on any atom is -0.351 e. The molecule has 0 bridgehead atoms. The molecule has 2 aromatic carbocycles. The maximum Gasteiger partial charge on any atom is 0.274 e. The molecular weight excluding hydrogens is 407 g/mol. The number of hydrogen-bond donors (Lipinski definition) is 1. The molecule has 160 valence electrons. The van der Waals surface area contributed by atoms with Crippen molar-refractivity contribution in [1.29, 1.82) is 0 Å². The summed E-state index contributed by atoms with van der Waals surface area (Å²) in [6.45, 7) is 3.78. The van der Waals surface area contributed by atoms with E-state index in [4.69, 9.17) is 4.52 Å². The number of carbonyl (C=O) groups excluding carboxylic acids is 1. The van der Waals surface area contributed by atoms with Crippen LogP contribution in [0.25, 0.3) is 28.2 Å². The van der Waals surface area contributed by atoms with E-state index in [9.17, 15) is 9.18 Å². The summed E-state index contributed by atoms with van der Waals surface area (Å²) < 4.78 is 18.3. The Bertz CT molecular complexity index is 1390. The number of H-pyrrole nitrogens is 1. The predicted molar refractivity (Wildman–Crippen MR) is 121 cm³/mol. The van der Waals surface area contributed by atoms with Crippen molar-refractivity contribution in [2.45, 2.75) is 33.1 Å². The van der Waals surface area contributed by atoms with Crippen LogP contribution < -0.4 is 0 Å². The summed E-state index contributed by atoms with van der Waals surface area (Å²) in [7, 11) is 0. The van der Waals surface area contributed by atoms with E-state index in [1.54, 1.807) is 19.1 Å². The third-order valence-electron chi connectivity index (χ3n) is 5.61. The molecule has 0 saturated heterocycles. The lowest BCUT2D eigenvalue weighted by molar-refractivity contribution is -0.113. The molecule has 3 heterocycles. The molecule has 6 nitrogen and oxygen atoms in total. The Morgan fingerprint density at radius 1 is 1.12 bits per heavy atom. The highest BCUT2D eigenvalue weighted by atomic mass is 19.1. The number of aromatic nitrogens is 3. The van der Waals surface area contributed by atoms with E-state index in [0.29, 0.717) is 36.7 Å². The number of allylic oxidation sites excluding steroid dienone is 1. The molecule has 4 aromatic rings. The van der Waals surface area contributed by atoms with Crippen molar-refractivity contribution < 1.29 is 13.7 Å². The highest BCUT2D eigenvalue weighted by molar-refractivity contribution is 6.42. The molecular formula is C25H21FN4O2. The molecule has 0 radical (unpaired) electrons. The van der Waals surface area contributed by atoms with Crippen molar-refractivity contribution in [3.05, 3.63) is 76.9 Å². The van der Waals surface area contributed by atoms with Gasteiger partial charge in [-0.15, -0.1) is 0 Å². The Labute approximate surface area is 183 Å².